The first-order chi connectivity index (χ1) is 25.3. The van der Waals surface area contributed by atoms with Gasteiger partial charge in [-0.05, 0) is 54.6 Å². The van der Waals surface area contributed by atoms with Crippen molar-refractivity contribution in [3.63, 3.8) is 0 Å². The monoisotopic (exact) mass is 656 g/mol. The van der Waals surface area contributed by atoms with Gasteiger partial charge in [0, 0.05) is 55.6 Å². The van der Waals surface area contributed by atoms with Crippen molar-refractivity contribution in [2.45, 2.75) is 12.0 Å². The van der Waals surface area contributed by atoms with Crippen molar-refractivity contribution >= 4 is 38.9 Å². The Morgan fingerprint density at radius 1 is 0.569 bits per heavy atom. The maximum atomic E-state index is 6.82. The molecule has 6 aromatic carbocycles. The highest BCUT2D eigenvalue weighted by molar-refractivity contribution is 6.11. The molecule has 2 aliphatic rings. The van der Waals surface area contributed by atoms with Crippen molar-refractivity contribution in [1.82, 2.24) is 19.5 Å². The van der Waals surface area contributed by atoms with Gasteiger partial charge >= 0.3 is 0 Å². The van der Waals surface area contributed by atoms with E-state index in [9.17, 15) is 0 Å². The molecule has 0 bridgehead atoms. The van der Waals surface area contributed by atoms with Crippen LogP contribution in [0.3, 0.4) is 0 Å². The fourth-order valence-corrected chi connectivity index (χ4v) is 7.97. The number of benzene rings is 6. The predicted molar refractivity (Wildman–Crippen MR) is 202 cm³/mol. The molecule has 0 N–H and O–H groups in total. The first-order valence-electron chi connectivity index (χ1n) is 17.2. The molecule has 11 rings (SSSR count). The van der Waals surface area contributed by atoms with Gasteiger partial charge in [-0.1, -0.05) is 103 Å². The molecule has 4 heterocycles. The normalized spacial score (nSPS) is 15.9. The van der Waals surface area contributed by atoms with Crippen molar-refractivity contribution in [2.24, 2.45) is 0 Å². The number of furan rings is 1. The van der Waals surface area contributed by atoms with Gasteiger partial charge in [-0.3, -0.25) is 0 Å². The third-order valence-electron chi connectivity index (χ3n) is 10.2. The van der Waals surface area contributed by atoms with Gasteiger partial charge < -0.3 is 13.7 Å². The number of hydrogen-bond acceptors (Lipinski definition) is 5. The van der Waals surface area contributed by atoms with Gasteiger partial charge in [0.2, 0.25) is 0 Å². The molecular weight excluding hydrogens is 629 g/mol. The van der Waals surface area contributed by atoms with E-state index in [4.69, 9.17) is 24.1 Å². The Balaban J connectivity index is 1.06. The number of fused-ring (bicyclic) bond motifs is 10. The van der Waals surface area contributed by atoms with Crippen LogP contribution in [0.4, 0.5) is 0 Å². The number of hydrogen-bond donors (Lipinski definition) is 0. The molecule has 0 spiro atoms. The van der Waals surface area contributed by atoms with Crippen LogP contribution in [-0.4, -0.2) is 19.5 Å². The summed E-state index contributed by atoms with van der Waals surface area (Å²) < 4.78 is 15.4. The Morgan fingerprint density at radius 3 is 2.14 bits per heavy atom. The third kappa shape index (κ3) is 4.26. The summed E-state index contributed by atoms with van der Waals surface area (Å²) in [4.78, 5) is 15.3. The minimum absolute atomic E-state index is 0.0448. The highest BCUT2D eigenvalue weighted by Gasteiger charge is 2.40. The second kappa shape index (κ2) is 10.9. The molecule has 240 valence electrons. The fraction of sp³-hybridized carbons (Fsp3) is 0.0444. The molecular formula is C45H28N4O2. The largest absolute Gasteiger partial charge is 0.484 e. The van der Waals surface area contributed by atoms with E-state index in [0.717, 1.165) is 61.3 Å². The Hall–Kier alpha value is -6.79. The van der Waals surface area contributed by atoms with Crippen LogP contribution in [0.1, 0.15) is 28.8 Å². The predicted octanol–water partition coefficient (Wildman–Crippen LogP) is 11.0. The topological polar surface area (TPSA) is 66.0 Å². The van der Waals surface area contributed by atoms with Crippen LogP contribution in [0.5, 0.6) is 5.75 Å². The van der Waals surface area contributed by atoms with E-state index >= 15 is 0 Å². The minimum atomic E-state index is -0.147. The summed E-state index contributed by atoms with van der Waals surface area (Å²) in [5.41, 5.74) is 10.2. The lowest BCUT2D eigenvalue weighted by molar-refractivity contribution is 0.224. The first-order valence-corrected chi connectivity index (χ1v) is 17.2. The van der Waals surface area contributed by atoms with Crippen LogP contribution >= 0.6 is 0 Å². The Morgan fingerprint density at radius 2 is 1.27 bits per heavy atom. The maximum absolute atomic E-state index is 6.82. The summed E-state index contributed by atoms with van der Waals surface area (Å²) >= 11 is 0. The van der Waals surface area contributed by atoms with E-state index in [1.807, 2.05) is 60.7 Å². The zero-order valence-corrected chi connectivity index (χ0v) is 27.3. The van der Waals surface area contributed by atoms with Crippen molar-refractivity contribution in [3.8, 4) is 45.6 Å². The lowest BCUT2D eigenvalue weighted by atomic mass is 9.85. The molecule has 9 aromatic rings. The van der Waals surface area contributed by atoms with Crippen LogP contribution < -0.4 is 4.74 Å². The average Bonchev–Trinajstić information content (AvgIpc) is 3.87. The van der Waals surface area contributed by atoms with Gasteiger partial charge in [-0.2, -0.15) is 0 Å². The Labute approximate surface area is 293 Å². The molecule has 0 radical (unpaired) electrons. The van der Waals surface area contributed by atoms with Gasteiger partial charge in [0.25, 0.3) is 0 Å². The Kier molecular flexibility index (Phi) is 5.98. The number of aromatic nitrogens is 4. The van der Waals surface area contributed by atoms with E-state index < -0.39 is 0 Å². The molecule has 1 aliphatic heterocycles. The summed E-state index contributed by atoms with van der Waals surface area (Å²) in [6.07, 6.45) is 4.41. The van der Waals surface area contributed by atoms with E-state index in [2.05, 4.69) is 102 Å². The van der Waals surface area contributed by atoms with E-state index in [1.54, 1.807) is 0 Å². The molecule has 0 saturated heterocycles. The summed E-state index contributed by atoms with van der Waals surface area (Å²) in [7, 11) is 0. The molecule has 51 heavy (non-hydrogen) atoms. The first kappa shape index (κ1) is 28.1. The van der Waals surface area contributed by atoms with E-state index in [0.29, 0.717) is 17.5 Å². The van der Waals surface area contributed by atoms with Gasteiger partial charge in [0.1, 0.15) is 23.0 Å². The maximum Gasteiger partial charge on any atom is 0.164 e. The summed E-state index contributed by atoms with van der Waals surface area (Å²) in [6.45, 7) is 0. The van der Waals surface area contributed by atoms with Crippen LogP contribution in [0.15, 0.2) is 156 Å². The molecule has 3 aromatic heterocycles. The number of ether oxygens (including phenoxy) is 1. The SMILES string of the molecule is C1=CC2c3cc(-c4nc(-c5ccccc5)nc(-c5cccc6oc7ccccc7c56)n4)ccc3OC2c2c1n(-c1ccccc1)c1ccccc21. The van der Waals surface area contributed by atoms with Gasteiger partial charge in [0.15, 0.2) is 17.5 Å². The summed E-state index contributed by atoms with van der Waals surface area (Å²) in [6, 6.07) is 49.8. The standard InChI is InChI=1S/C45H28N4O2/c1-3-12-27(13-4-1)43-46-44(48-45(47-43)33-18-11-21-39-40(33)32-17-8-10-20-37(32)50-39)28-22-25-38-34(26-28)30-23-24-36-41(42(30)51-38)31-16-7-9-19-35(31)49(36)29-14-5-2-6-15-29/h1-26,30,42H. The van der Waals surface area contributed by atoms with Crippen LogP contribution in [0.2, 0.25) is 0 Å². The van der Waals surface area contributed by atoms with Gasteiger partial charge in [-0.25, -0.2) is 15.0 Å². The van der Waals surface area contributed by atoms with Crippen LogP contribution in [0, 0.1) is 0 Å². The summed E-state index contributed by atoms with van der Waals surface area (Å²) in [5, 5.41) is 3.23. The zero-order chi connectivity index (χ0) is 33.5. The number of nitrogens with zero attached hydrogens (tertiary/aromatic N) is 4. The highest BCUT2D eigenvalue weighted by Crippen LogP contribution is 2.53. The average molecular weight is 657 g/mol. The van der Waals surface area contributed by atoms with Crippen molar-refractivity contribution < 1.29 is 9.15 Å². The molecule has 6 heteroatoms. The quantitative estimate of drug-likeness (QED) is 0.189. The number of para-hydroxylation sites is 3. The highest BCUT2D eigenvalue weighted by atomic mass is 16.5. The van der Waals surface area contributed by atoms with E-state index in [-0.39, 0.29) is 12.0 Å². The van der Waals surface area contributed by atoms with Crippen LogP contribution in [-0.2, 0) is 0 Å². The van der Waals surface area contributed by atoms with Gasteiger partial charge in [0.05, 0.1) is 11.2 Å². The molecule has 0 saturated carbocycles. The smallest absolute Gasteiger partial charge is 0.164 e. The lowest BCUT2D eigenvalue weighted by Crippen LogP contribution is -2.13. The zero-order valence-electron chi connectivity index (χ0n) is 27.3. The molecule has 2 atom stereocenters. The van der Waals surface area contributed by atoms with E-state index in [1.165, 1.54) is 16.5 Å². The van der Waals surface area contributed by atoms with Gasteiger partial charge in [-0.15, -0.1) is 0 Å². The second-order valence-corrected chi connectivity index (χ2v) is 13.1. The number of rotatable bonds is 4. The minimum Gasteiger partial charge on any atom is -0.484 e. The van der Waals surface area contributed by atoms with Crippen molar-refractivity contribution in [1.29, 1.82) is 0 Å². The molecule has 0 amide bonds. The molecule has 2 unspecified atom stereocenters. The lowest BCUT2D eigenvalue weighted by Gasteiger charge is -2.22. The van der Waals surface area contributed by atoms with Crippen molar-refractivity contribution in [3.05, 3.63) is 168 Å². The molecule has 6 nitrogen and oxygen atoms in total. The van der Waals surface area contributed by atoms with Crippen molar-refractivity contribution in [2.75, 3.05) is 0 Å². The van der Waals surface area contributed by atoms with Crippen LogP contribution in [0.25, 0.3) is 78.8 Å². The summed E-state index contributed by atoms with van der Waals surface area (Å²) in [5.74, 6) is 2.75. The molecule has 1 aliphatic carbocycles. The fourth-order valence-electron chi connectivity index (χ4n) is 7.97. The Bertz CT molecular complexity index is 2850. The third-order valence-corrected chi connectivity index (χ3v) is 10.2. The second-order valence-electron chi connectivity index (χ2n) is 13.1. The molecule has 0 fully saturated rings.